The highest BCUT2D eigenvalue weighted by molar-refractivity contribution is 8.01. The van der Waals surface area contributed by atoms with Crippen LogP contribution in [0.5, 0.6) is 0 Å². The zero-order chi connectivity index (χ0) is 11.6. The third-order valence-electron chi connectivity index (χ3n) is 2.47. The fourth-order valence-electron chi connectivity index (χ4n) is 1.53. The van der Waals surface area contributed by atoms with Crippen LogP contribution in [0.15, 0.2) is 15.9 Å². The highest BCUT2D eigenvalue weighted by atomic mass is 32.2. The zero-order valence-corrected chi connectivity index (χ0v) is 11.9. The molecule has 0 saturated heterocycles. The maximum atomic E-state index is 4.25. The number of rotatable bonds is 9. The molecule has 0 aromatic carbocycles. The van der Waals surface area contributed by atoms with Crippen molar-refractivity contribution in [3.05, 3.63) is 11.6 Å². The lowest BCUT2D eigenvalue weighted by molar-refractivity contribution is 0.502. The summed E-state index contributed by atoms with van der Waals surface area (Å²) in [5.41, 5.74) is 0. The maximum Gasteiger partial charge on any atom is 0.149 e. The molecule has 1 heterocycles. The molecule has 0 fully saturated rings. The smallest absolute Gasteiger partial charge is 0.149 e. The molecule has 0 aliphatic rings. The second-order valence-electron chi connectivity index (χ2n) is 4.00. The van der Waals surface area contributed by atoms with Crippen molar-refractivity contribution in [3.63, 3.8) is 0 Å². The van der Waals surface area contributed by atoms with Gasteiger partial charge in [-0.25, -0.2) is 4.98 Å². The van der Waals surface area contributed by atoms with Crippen LogP contribution in [-0.4, -0.2) is 23.3 Å². The number of aromatic nitrogens is 1. The summed E-state index contributed by atoms with van der Waals surface area (Å²) in [4.78, 5) is 4.25. The van der Waals surface area contributed by atoms with Crippen LogP contribution in [0.1, 0.15) is 39.5 Å². The van der Waals surface area contributed by atoms with Crippen LogP contribution in [-0.2, 0) is 0 Å². The maximum absolute atomic E-state index is 4.25. The van der Waals surface area contributed by atoms with Crippen LogP contribution < -0.4 is 5.32 Å². The SMILES string of the molecule is CCCCCC(C)NCCSc1nccs1. The lowest BCUT2D eigenvalue weighted by Gasteiger charge is -2.12. The Balaban J connectivity index is 1.94. The van der Waals surface area contributed by atoms with Crippen LogP contribution in [0.4, 0.5) is 0 Å². The monoisotopic (exact) mass is 258 g/mol. The lowest BCUT2D eigenvalue weighted by Crippen LogP contribution is -2.28. The molecule has 16 heavy (non-hydrogen) atoms. The van der Waals surface area contributed by atoms with E-state index in [4.69, 9.17) is 0 Å². The van der Waals surface area contributed by atoms with Crippen LogP contribution in [0, 0.1) is 0 Å². The number of hydrogen-bond donors (Lipinski definition) is 1. The molecule has 1 aromatic rings. The van der Waals surface area contributed by atoms with Crippen molar-refractivity contribution in [2.45, 2.75) is 49.9 Å². The number of hydrogen-bond acceptors (Lipinski definition) is 4. The topological polar surface area (TPSA) is 24.9 Å². The third-order valence-corrected chi connectivity index (χ3v) is 4.44. The zero-order valence-electron chi connectivity index (χ0n) is 10.2. The van der Waals surface area contributed by atoms with Gasteiger partial charge < -0.3 is 5.32 Å². The molecule has 0 radical (unpaired) electrons. The summed E-state index contributed by atoms with van der Waals surface area (Å²) in [7, 11) is 0. The molecular formula is C12H22N2S2. The predicted octanol–water partition coefficient (Wildman–Crippen LogP) is 3.79. The number of nitrogens with zero attached hydrogens (tertiary/aromatic N) is 1. The molecule has 1 N–H and O–H groups in total. The van der Waals surface area contributed by atoms with Gasteiger partial charge in [0.15, 0.2) is 0 Å². The summed E-state index contributed by atoms with van der Waals surface area (Å²) < 4.78 is 1.18. The molecule has 1 rings (SSSR count). The molecule has 0 bridgehead atoms. The first kappa shape index (κ1) is 14.0. The van der Waals surface area contributed by atoms with Crippen molar-refractivity contribution < 1.29 is 0 Å². The van der Waals surface area contributed by atoms with E-state index in [0.717, 1.165) is 12.3 Å². The standard InChI is InChI=1S/C12H22N2S2/c1-3-4-5-6-11(2)13-7-9-15-12-14-8-10-16-12/h8,10-11,13H,3-7,9H2,1-2H3. The van der Waals surface area contributed by atoms with Gasteiger partial charge in [-0.3, -0.25) is 0 Å². The minimum absolute atomic E-state index is 0.656. The number of nitrogens with one attached hydrogen (secondary N) is 1. The molecule has 1 aromatic heterocycles. The molecule has 0 spiro atoms. The summed E-state index contributed by atoms with van der Waals surface area (Å²) in [6.45, 7) is 5.62. The molecule has 0 saturated carbocycles. The van der Waals surface area contributed by atoms with E-state index in [1.54, 1.807) is 11.3 Å². The minimum atomic E-state index is 0.656. The van der Waals surface area contributed by atoms with Crippen molar-refractivity contribution in [3.8, 4) is 0 Å². The molecule has 4 heteroatoms. The van der Waals surface area contributed by atoms with Gasteiger partial charge >= 0.3 is 0 Å². The van der Waals surface area contributed by atoms with Crippen LogP contribution >= 0.6 is 23.1 Å². The van der Waals surface area contributed by atoms with Crippen molar-refractivity contribution >= 4 is 23.1 Å². The Bertz CT molecular complexity index is 250. The molecule has 92 valence electrons. The normalized spacial score (nSPS) is 12.9. The Labute approximate surface area is 107 Å². The van der Waals surface area contributed by atoms with E-state index in [1.165, 1.54) is 30.0 Å². The number of unbranched alkanes of at least 4 members (excludes halogenated alkanes) is 2. The van der Waals surface area contributed by atoms with E-state index in [-0.39, 0.29) is 0 Å². The molecule has 1 unspecified atom stereocenters. The second-order valence-corrected chi connectivity index (χ2v) is 6.23. The lowest BCUT2D eigenvalue weighted by atomic mass is 10.1. The van der Waals surface area contributed by atoms with Gasteiger partial charge in [0.25, 0.3) is 0 Å². The van der Waals surface area contributed by atoms with Crippen LogP contribution in [0.2, 0.25) is 0 Å². The van der Waals surface area contributed by atoms with Crippen LogP contribution in [0.3, 0.4) is 0 Å². The molecule has 0 aliphatic carbocycles. The average molecular weight is 258 g/mol. The van der Waals surface area contributed by atoms with Crippen molar-refractivity contribution in [2.24, 2.45) is 0 Å². The van der Waals surface area contributed by atoms with E-state index in [1.807, 2.05) is 23.3 Å². The van der Waals surface area contributed by atoms with Gasteiger partial charge in [-0.1, -0.05) is 37.9 Å². The van der Waals surface area contributed by atoms with Crippen molar-refractivity contribution in [2.75, 3.05) is 12.3 Å². The summed E-state index contributed by atoms with van der Waals surface area (Å²) in [5, 5.41) is 5.59. The molecule has 0 amide bonds. The molecular weight excluding hydrogens is 236 g/mol. The van der Waals surface area contributed by atoms with E-state index in [0.29, 0.717) is 6.04 Å². The number of thioether (sulfide) groups is 1. The van der Waals surface area contributed by atoms with Gasteiger partial charge in [0.1, 0.15) is 4.34 Å². The Morgan fingerprint density at radius 3 is 3.06 bits per heavy atom. The number of thiazole rings is 1. The Hall–Kier alpha value is -0.0600. The summed E-state index contributed by atoms with van der Waals surface area (Å²) in [6, 6.07) is 0.656. The van der Waals surface area contributed by atoms with Gasteiger partial charge in [-0.15, -0.1) is 11.3 Å². The summed E-state index contributed by atoms with van der Waals surface area (Å²) in [5.74, 6) is 1.12. The highest BCUT2D eigenvalue weighted by Gasteiger charge is 2.01. The molecule has 1 atom stereocenters. The van der Waals surface area contributed by atoms with Gasteiger partial charge in [0, 0.05) is 29.9 Å². The minimum Gasteiger partial charge on any atom is -0.313 e. The second kappa shape index (κ2) is 9.02. The Kier molecular flexibility index (Phi) is 7.89. The fraction of sp³-hybridized carbons (Fsp3) is 0.750. The van der Waals surface area contributed by atoms with Gasteiger partial charge in [-0.2, -0.15) is 0 Å². The van der Waals surface area contributed by atoms with E-state index in [2.05, 4.69) is 24.1 Å². The summed E-state index contributed by atoms with van der Waals surface area (Å²) in [6.07, 6.45) is 7.19. The van der Waals surface area contributed by atoms with E-state index in [9.17, 15) is 0 Å². The highest BCUT2D eigenvalue weighted by Crippen LogP contribution is 2.19. The fourth-order valence-corrected chi connectivity index (χ4v) is 3.11. The van der Waals surface area contributed by atoms with Crippen molar-refractivity contribution in [1.82, 2.24) is 10.3 Å². The first-order valence-electron chi connectivity index (χ1n) is 6.08. The first-order chi connectivity index (χ1) is 7.83. The Morgan fingerprint density at radius 1 is 1.50 bits per heavy atom. The van der Waals surface area contributed by atoms with E-state index >= 15 is 0 Å². The van der Waals surface area contributed by atoms with Crippen molar-refractivity contribution in [1.29, 1.82) is 0 Å². The third kappa shape index (κ3) is 6.51. The molecule has 0 aliphatic heterocycles. The summed E-state index contributed by atoms with van der Waals surface area (Å²) >= 11 is 3.57. The molecule has 2 nitrogen and oxygen atoms in total. The Morgan fingerprint density at radius 2 is 2.38 bits per heavy atom. The van der Waals surface area contributed by atoms with Gasteiger partial charge in [0.2, 0.25) is 0 Å². The average Bonchev–Trinajstić information content (AvgIpc) is 2.78. The predicted molar refractivity (Wildman–Crippen MR) is 74.4 cm³/mol. The van der Waals surface area contributed by atoms with Gasteiger partial charge in [0.05, 0.1) is 0 Å². The van der Waals surface area contributed by atoms with E-state index < -0.39 is 0 Å². The quantitative estimate of drug-likeness (QED) is 0.539. The van der Waals surface area contributed by atoms with Crippen LogP contribution in [0.25, 0.3) is 0 Å². The largest absolute Gasteiger partial charge is 0.313 e. The van der Waals surface area contributed by atoms with Gasteiger partial charge in [-0.05, 0) is 13.3 Å². The first-order valence-corrected chi connectivity index (χ1v) is 7.95.